The SMILES string of the molecule is CC[C@@H](O)[C@H](C)C(=O)n1nc(C)cc1C. The predicted molar refractivity (Wildman–Crippen MR) is 57.8 cm³/mol. The zero-order chi connectivity index (χ0) is 11.6. The molecule has 0 aliphatic carbocycles. The van der Waals surface area contributed by atoms with Crippen molar-refractivity contribution in [1.82, 2.24) is 9.78 Å². The molecule has 4 heteroatoms. The number of hydrogen-bond acceptors (Lipinski definition) is 3. The summed E-state index contributed by atoms with van der Waals surface area (Å²) < 4.78 is 1.37. The summed E-state index contributed by atoms with van der Waals surface area (Å²) in [5.74, 6) is -0.553. The molecule has 0 spiro atoms. The van der Waals surface area contributed by atoms with Gasteiger partial charge in [-0.05, 0) is 26.3 Å². The molecule has 0 unspecified atom stereocenters. The summed E-state index contributed by atoms with van der Waals surface area (Å²) in [5, 5.41) is 13.7. The van der Waals surface area contributed by atoms with E-state index in [9.17, 15) is 9.90 Å². The fourth-order valence-corrected chi connectivity index (χ4v) is 1.56. The Bertz CT molecular complexity index is 357. The molecule has 1 heterocycles. The number of aromatic nitrogens is 2. The molecule has 2 atom stereocenters. The molecule has 1 rings (SSSR count). The van der Waals surface area contributed by atoms with Gasteiger partial charge in [0.25, 0.3) is 5.91 Å². The van der Waals surface area contributed by atoms with Gasteiger partial charge in [-0.1, -0.05) is 13.8 Å². The van der Waals surface area contributed by atoms with E-state index in [2.05, 4.69) is 5.10 Å². The molecule has 1 N–H and O–H groups in total. The minimum Gasteiger partial charge on any atom is -0.392 e. The third-order valence-electron chi connectivity index (χ3n) is 2.60. The van der Waals surface area contributed by atoms with Crippen LogP contribution in [-0.4, -0.2) is 26.9 Å². The van der Waals surface area contributed by atoms with Crippen molar-refractivity contribution in [2.75, 3.05) is 0 Å². The van der Waals surface area contributed by atoms with Gasteiger partial charge in [0, 0.05) is 5.69 Å². The number of hydrogen-bond donors (Lipinski definition) is 1. The molecule has 0 amide bonds. The summed E-state index contributed by atoms with van der Waals surface area (Å²) in [6, 6.07) is 1.85. The molecule has 84 valence electrons. The van der Waals surface area contributed by atoms with E-state index in [1.807, 2.05) is 26.8 Å². The maximum atomic E-state index is 11.9. The van der Waals surface area contributed by atoms with Gasteiger partial charge in [-0.2, -0.15) is 5.10 Å². The second-order valence-corrected chi connectivity index (χ2v) is 3.94. The van der Waals surface area contributed by atoms with E-state index in [4.69, 9.17) is 0 Å². The molecule has 0 bridgehead atoms. The smallest absolute Gasteiger partial charge is 0.252 e. The zero-order valence-electron chi connectivity index (χ0n) is 9.69. The number of rotatable bonds is 3. The van der Waals surface area contributed by atoms with Crippen LogP contribution in [0.4, 0.5) is 0 Å². The van der Waals surface area contributed by atoms with Crippen molar-refractivity contribution >= 4 is 5.91 Å². The minimum atomic E-state index is -0.596. The summed E-state index contributed by atoms with van der Waals surface area (Å²) in [6.45, 7) is 7.27. The largest absolute Gasteiger partial charge is 0.392 e. The van der Waals surface area contributed by atoms with Crippen LogP contribution in [-0.2, 0) is 0 Å². The van der Waals surface area contributed by atoms with E-state index in [0.717, 1.165) is 11.4 Å². The number of aliphatic hydroxyl groups excluding tert-OH is 1. The lowest BCUT2D eigenvalue weighted by atomic mass is 10.0. The Morgan fingerprint density at radius 3 is 2.60 bits per heavy atom. The Labute approximate surface area is 89.9 Å². The lowest BCUT2D eigenvalue weighted by Crippen LogP contribution is -2.30. The summed E-state index contributed by atoms with van der Waals surface area (Å²) in [7, 11) is 0. The number of aryl methyl sites for hydroxylation is 2. The van der Waals surface area contributed by atoms with Crippen molar-refractivity contribution in [1.29, 1.82) is 0 Å². The van der Waals surface area contributed by atoms with E-state index in [1.54, 1.807) is 6.92 Å². The van der Waals surface area contributed by atoms with Gasteiger partial charge in [-0.15, -0.1) is 0 Å². The topological polar surface area (TPSA) is 55.1 Å². The van der Waals surface area contributed by atoms with Gasteiger partial charge in [0.2, 0.25) is 0 Å². The average Bonchev–Trinajstić information content (AvgIpc) is 2.54. The molecule has 15 heavy (non-hydrogen) atoms. The first-order chi connectivity index (χ1) is 6.97. The summed E-state index contributed by atoms with van der Waals surface area (Å²) in [4.78, 5) is 11.9. The van der Waals surface area contributed by atoms with Crippen LogP contribution < -0.4 is 0 Å². The Balaban J connectivity index is 2.89. The lowest BCUT2D eigenvalue weighted by molar-refractivity contribution is 0.0604. The fourth-order valence-electron chi connectivity index (χ4n) is 1.56. The second kappa shape index (κ2) is 4.57. The molecule has 1 aromatic rings. The van der Waals surface area contributed by atoms with Gasteiger partial charge in [0.1, 0.15) is 0 Å². The van der Waals surface area contributed by atoms with Crippen LogP contribution in [0.5, 0.6) is 0 Å². The van der Waals surface area contributed by atoms with Crippen molar-refractivity contribution in [2.45, 2.75) is 40.2 Å². The van der Waals surface area contributed by atoms with Crippen molar-refractivity contribution in [3.05, 3.63) is 17.5 Å². The zero-order valence-corrected chi connectivity index (χ0v) is 9.69. The molecule has 0 fully saturated rings. The Morgan fingerprint density at radius 1 is 1.60 bits per heavy atom. The van der Waals surface area contributed by atoms with Crippen molar-refractivity contribution in [3.8, 4) is 0 Å². The molecule has 4 nitrogen and oxygen atoms in total. The van der Waals surface area contributed by atoms with Crippen LogP contribution >= 0.6 is 0 Å². The Hall–Kier alpha value is -1.16. The first kappa shape index (κ1) is 11.9. The molecule has 0 saturated heterocycles. The highest BCUT2D eigenvalue weighted by Gasteiger charge is 2.23. The fraction of sp³-hybridized carbons (Fsp3) is 0.636. The van der Waals surface area contributed by atoms with Crippen molar-refractivity contribution in [3.63, 3.8) is 0 Å². The maximum absolute atomic E-state index is 11.9. The summed E-state index contributed by atoms with van der Waals surface area (Å²) >= 11 is 0. The third kappa shape index (κ3) is 2.45. The predicted octanol–water partition coefficient (Wildman–Crippen LogP) is 1.55. The molecule has 0 aliphatic rings. The van der Waals surface area contributed by atoms with Crippen LogP contribution in [0.2, 0.25) is 0 Å². The number of carbonyl (C=O) groups excluding carboxylic acids is 1. The highest BCUT2D eigenvalue weighted by Crippen LogP contribution is 2.12. The van der Waals surface area contributed by atoms with Gasteiger partial charge in [0.15, 0.2) is 0 Å². The first-order valence-corrected chi connectivity index (χ1v) is 5.23. The van der Waals surface area contributed by atoms with Crippen LogP contribution in [0.3, 0.4) is 0 Å². The highest BCUT2D eigenvalue weighted by molar-refractivity contribution is 5.81. The lowest BCUT2D eigenvalue weighted by Gasteiger charge is -2.16. The van der Waals surface area contributed by atoms with E-state index in [1.165, 1.54) is 4.68 Å². The molecule has 0 aromatic carbocycles. The number of nitrogens with zero attached hydrogens (tertiary/aromatic N) is 2. The number of aliphatic hydroxyl groups is 1. The maximum Gasteiger partial charge on any atom is 0.252 e. The van der Waals surface area contributed by atoms with Gasteiger partial charge in [0.05, 0.1) is 17.7 Å². The van der Waals surface area contributed by atoms with E-state index < -0.39 is 12.0 Å². The molecular weight excluding hydrogens is 192 g/mol. The summed E-state index contributed by atoms with van der Waals surface area (Å²) in [5.41, 5.74) is 1.63. The second-order valence-electron chi connectivity index (χ2n) is 3.94. The van der Waals surface area contributed by atoms with Gasteiger partial charge in [-0.25, -0.2) is 4.68 Å². The molecule has 0 radical (unpaired) electrons. The third-order valence-corrected chi connectivity index (χ3v) is 2.60. The average molecular weight is 210 g/mol. The van der Waals surface area contributed by atoms with Crippen LogP contribution in [0.1, 0.15) is 36.5 Å². The summed E-state index contributed by atoms with van der Waals surface area (Å²) in [6.07, 6.45) is -0.0203. The molecule has 1 aromatic heterocycles. The van der Waals surface area contributed by atoms with Crippen molar-refractivity contribution < 1.29 is 9.90 Å². The normalized spacial score (nSPS) is 15.0. The number of carbonyl (C=O) groups is 1. The Kier molecular flexibility index (Phi) is 3.63. The van der Waals surface area contributed by atoms with E-state index in [0.29, 0.717) is 6.42 Å². The van der Waals surface area contributed by atoms with Crippen LogP contribution in [0.25, 0.3) is 0 Å². The molecular formula is C11H18N2O2. The molecule has 0 saturated carbocycles. The minimum absolute atomic E-state index is 0.144. The van der Waals surface area contributed by atoms with Crippen molar-refractivity contribution in [2.24, 2.45) is 5.92 Å². The van der Waals surface area contributed by atoms with Crippen LogP contribution in [0.15, 0.2) is 6.07 Å². The monoisotopic (exact) mass is 210 g/mol. The van der Waals surface area contributed by atoms with Gasteiger partial charge < -0.3 is 5.11 Å². The van der Waals surface area contributed by atoms with Gasteiger partial charge in [-0.3, -0.25) is 4.79 Å². The van der Waals surface area contributed by atoms with E-state index >= 15 is 0 Å². The highest BCUT2D eigenvalue weighted by atomic mass is 16.3. The van der Waals surface area contributed by atoms with Gasteiger partial charge >= 0.3 is 0 Å². The molecule has 0 aliphatic heterocycles. The first-order valence-electron chi connectivity index (χ1n) is 5.23. The van der Waals surface area contributed by atoms with Crippen LogP contribution in [0, 0.1) is 19.8 Å². The quantitative estimate of drug-likeness (QED) is 0.823. The van der Waals surface area contributed by atoms with E-state index in [-0.39, 0.29) is 5.91 Å². The standard InChI is InChI=1S/C11H18N2O2/c1-5-10(14)9(4)11(15)13-8(3)6-7(2)12-13/h6,9-10,14H,5H2,1-4H3/t9-,10+/m0/s1. The Morgan fingerprint density at radius 2 is 2.20 bits per heavy atom.